The summed E-state index contributed by atoms with van der Waals surface area (Å²) in [5.74, 6) is 0.908. The Morgan fingerprint density at radius 2 is 2.32 bits per heavy atom. The van der Waals surface area contributed by atoms with Gasteiger partial charge in [0.25, 0.3) is 0 Å². The summed E-state index contributed by atoms with van der Waals surface area (Å²) in [6.07, 6.45) is 4.64. The highest BCUT2D eigenvalue weighted by atomic mass is 16.3. The number of hydrogen-bond donors (Lipinski definition) is 1. The predicted octanol–water partition coefficient (Wildman–Crippen LogP) is -0.388. The molecule has 1 unspecified atom stereocenters. The third-order valence-electron chi connectivity index (χ3n) is 4.99. The Morgan fingerprint density at radius 1 is 1.50 bits per heavy atom. The maximum atomic E-state index is 12.3. The Morgan fingerprint density at radius 3 is 2.95 bits per heavy atom. The van der Waals surface area contributed by atoms with Crippen LogP contribution in [0.25, 0.3) is 0 Å². The van der Waals surface area contributed by atoms with Gasteiger partial charge in [0, 0.05) is 45.9 Å². The van der Waals surface area contributed by atoms with Crippen molar-refractivity contribution >= 4 is 5.91 Å². The largest absolute Gasteiger partial charge is 0.396 e. The minimum Gasteiger partial charge on any atom is -0.396 e. The van der Waals surface area contributed by atoms with Crippen LogP contribution in [0.4, 0.5) is 0 Å². The number of rotatable bonds is 5. The zero-order valence-electron chi connectivity index (χ0n) is 13.4. The van der Waals surface area contributed by atoms with E-state index < -0.39 is 0 Å². The maximum absolute atomic E-state index is 12.3. The van der Waals surface area contributed by atoms with Crippen LogP contribution in [0.2, 0.25) is 0 Å². The van der Waals surface area contributed by atoms with E-state index in [1.165, 1.54) is 0 Å². The third-order valence-corrected chi connectivity index (χ3v) is 4.99. The Balaban J connectivity index is 1.62. The quantitative estimate of drug-likeness (QED) is 0.802. The number of aromatic nitrogens is 3. The fraction of sp³-hybridized carbons (Fsp3) is 0.800. The van der Waals surface area contributed by atoms with Crippen molar-refractivity contribution in [2.75, 3.05) is 33.8 Å². The van der Waals surface area contributed by atoms with E-state index in [1.807, 2.05) is 25.0 Å². The second kappa shape index (κ2) is 6.34. The van der Waals surface area contributed by atoms with Crippen LogP contribution in [0.5, 0.6) is 0 Å². The normalized spacial score (nSPS) is 30.5. The Labute approximate surface area is 130 Å². The van der Waals surface area contributed by atoms with Gasteiger partial charge in [0.05, 0.1) is 18.2 Å². The molecule has 4 atom stereocenters. The standard InChI is InChI=1S/C15H25N5O2/c1-18(2)15(22)14-10-19-5-3-11(14)7-13(19)9-20-8-12(4-6-21)16-17-20/h8,11,13-14,21H,3-7,9-10H2,1-2H3/t11-,13-,14-/m1/s1. The van der Waals surface area contributed by atoms with Gasteiger partial charge < -0.3 is 10.0 Å². The van der Waals surface area contributed by atoms with Crippen molar-refractivity contribution in [1.29, 1.82) is 0 Å². The molecule has 2 bridgehead atoms. The van der Waals surface area contributed by atoms with Gasteiger partial charge in [-0.3, -0.25) is 14.4 Å². The molecule has 0 radical (unpaired) electrons. The molecule has 122 valence electrons. The van der Waals surface area contributed by atoms with Gasteiger partial charge in [-0.2, -0.15) is 0 Å². The van der Waals surface area contributed by atoms with Crippen LogP contribution in [0.3, 0.4) is 0 Å². The number of carbonyl (C=O) groups is 1. The van der Waals surface area contributed by atoms with Gasteiger partial charge in [0.2, 0.25) is 5.91 Å². The van der Waals surface area contributed by atoms with E-state index in [-0.39, 0.29) is 18.4 Å². The van der Waals surface area contributed by atoms with Crippen LogP contribution >= 0.6 is 0 Å². The lowest BCUT2D eigenvalue weighted by atomic mass is 9.75. The SMILES string of the molecule is CN(C)C(=O)[C@@H]1CN2CC[C@@H]1C[C@@H]2Cn1cc(CCO)nn1. The number of aliphatic hydroxyl groups excluding tert-OH is 1. The number of carbonyl (C=O) groups excluding carboxylic acids is 1. The summed E-state index contributed by atoms with van der Waals surface area (Å²) in [5, 5.41) is 17.2. The molecular weight excluding hydrogens is 282 g/mol. The molecule has 3 aliphatic rings. The lowest BCUT2D eigenvalue weighted by Gasteiger charge is -2.49. The van der Waals surface area contributed by atoms with Crippen LogP contribution in [0.15, 0.2) is 6.20 Å². The van der Waals surface area contributed by atoms with Crippen molar-refractivity contribution < 1.29 is 9.90 Å². The predicted molar refractivity (Wildman–Crippen MR) is 81.1 cm³/mol. The molecule has 1 aromatic heterocycles. The highest BCUT2D eigenvalue weighted by Crippen LogP contribution is 2.37. The van der Waals surface area contributed by atoms with E-state index in [0.29, 0.717) is 18.4 Å². The minimum atomic E-state index is 0.102. The molecule has 0 saturated carbocycles. The van der Waals surface area contributed by atoms with Gasteiger partial charge in [-0.05, 0) is 25.3 Å². The molecule has 4 rings (SSSR count). The second-order valence-electron chi connectivity index (χ2n) is 6.68. The molecule has 1 amide bonds. The smallest absolute Gasteiger partial charge is 0.226 e. The maximum Gasteiger partial charge on any atom is 0.226 e. The van der Waals surface area contributed by atoms with Crippen molar-refractivity contribution in [2.45, 2.75) is 31.8 Å². The van der Waals surface area contributed by atoms with E-state index in [2.05, 4.69) is 15.2 Å². The highest BCUT2D eigenvalue weighted by molar-refractivity contribution is 5.79. The van der Waals surface area contributed by atoms with Crippen LogP contribution in [0, 0.1) is 11.8 Å². The fourth-order valence-corrected chi connectivity index (χ4v) is 3.81. The van der Waals surface area contributed by atoms with Gasteiger partial charge in [0.1, 0.15) is 0 Å². The number of aliphatic hydroxyl groups is 1. The molecule has 7 heteroatoms. The van der Waals surface area contributed by atoms with Crippen molar-refractivity contribution in [1.82, 2.24) is 24.8 Å². The van der Waals surface area contributed by atoms with Gasteiger partial charge in [0.15, 0.2) is 0 Å². The fourth-order valence-electron chi connectivity index (χ4n) is 3.81. The van der Waals surface area contributed by atoms with Crippen molar-refractivity contribution in [3.05, 3.63) is 11.9 Å². The topological polar surface area (TPSA) is 74.5 Å². The summed E-state index contributed by atoms with van der Waals surface area (Å²) in [4.78, 5) is 16.4. The van der Waals surface area contributed by atoms with Gasteiger partial charge in [-0.15, -0.1) is 5.10 Å². The summed E-state index contributed by atoms with van der Waals surface area (Å²) in [5.41, 5.74) is 0.833. The van der Waals surface area contributed by atoms with Gasteiger partial charge in [-0.25, -0.2) is 0 Å². The summed E-state index contributed by atoms with van der Waals surface area (Å²) >= 11 is 0. The Hall–Kier alpha value is -1.47. The minimum absolute atomic E-state index is 0.102. The first-order valence-electron chi connectivity index (χ1n) is 8.03. The zero-order chi connectivity index (χ0) is 15.7. The number of piperidine rings is 3. The molecule has 22 heavy (non-hydrogen) atoms. The molecular formula is C15H25N5O2. The van der Waals surface area contributed by atoms with E-state index in [9.17, 15) is 4.79 Å². The van der Waals surface area contributed by atoms with Gasteiger partial charge >= 0.3 is 0 Å². The first kappa shape index (κ1) is 15.4. The van der Waals surface area contributed by atoms with Crippen LogP contribution in [0.1, 0.15) is 18.5 Å². The molecule has 3 aliphatic heterocycles. The van der Waals surface area contributed by atoms with Gasteiger partial charge in [-0.1, -0.05) is 5.21 Å². The van der Waals surface area contributed by atoms with E-state index in [0.717, 1.165) is 38.2 Å². The van der Waals surface area contributed by atoms with Crippen molar-refractivity contribution in [3.63, 3.8) is 0 Å². The molecule has 3 saturated heterocycles. The van der Waals surface area contributed by atoms with E-state index in [1.54, 1.807) is 4.90 Å². The Bertz CT molecular complexity index is 530. The molecule has 4 heterocycles. The average molecular weight is 307 g/mol. The Kier molecular flexibility index (Phi) is 4.44. The van der Waals surface area contributed by atoms with E-state index >= 15 is 0 Å². The molecule has 1 N–H and O–H groups in total. The summed E-state index contributed by atoms with van der Waals surface area (Å²) in [6, 6.07) is 0.439. The number of nitrogens with zero attached hydrogens (tertiary/aromatic N) is 5. The first-order valence-corrected chi connectivity index (χ1v) is 8.03. The lowest BCUT2D eigenvalue weighted by molar-refractivity contribution is -0.141. The average Bonchev–Trinajstić information content (AvgIpc) is 2.94. The summed E-state index contributed by atoms with van der Waals surface area (Å²) < 4.78 is 1.87. The number of fused-ring (bicyclic) bond motifs is 3. The zero-order valence-corrected chi connectivity index (χ0v) is 13.4. The first-order chi connectivity index (χ1) is 10.6. The second-order valence-corrected chi connectivity index (χ2v) is 6.68. The van der Waals surface area contributed by atoms with Crippen LogP contribution in [-0.2, 0) is 17.8 Å². The molecule has 0 aromatic carbocycles. The molecule has 0 aliphatic carbocycles. The van der Waals surface area contributed by atoms with Crippen LogP contribution in [-0.4, -0.2) is 75.6 Å². The number of amides is 1. The monoisotopic (exact) mass is 307 g/mol. The van der Waals surface area contributed by atoms with Crippen molar-refractivity contribution in [3.8, 4) is 0 Å². The third kappa shape index (κ3) is 3.01. The summed E-state index contributed by atoms with van der Waals surface area (Å²) in [7, 11) is 3.69. The molecule has 3 fully saturated rings. The van der Waals surface area contributed by atoms with Crippen LogP contribution < -0.4 is 0 Å². The number of hydrogen-bond acceptors (Lipinski definition) is 5. The summed E-state index contributed by atoms with van der Waals surface area (Å²) in [6.45, 7) is 2.86. The van der Waals surface area contributed by atoms with E-state index in [4.69, 9.17) is 5.11 Å². The molecule has 7 nitrogen and oxygen atoms in total. The van der Waals surface area contributed by atoms with Crippen molar-refractivity contribution in [2.24, 2.45) is 11.8 Å². The highest BCUT2D eigenvalue weighted by Gasteiger charge is 2.43. The molecule has 0 spiro atoms. The lowest BCUT2D eigenvalue weighted by Crippen LogP contribution is -2.57. The molecule has 1 aromatic rings.